The lowest BCUT2D eigenvalue weighted by Gasteiger charge is -2.13. The molecule has 0 radical (unpaired) electrons. The van der Waals surface area contributed by atoms with Gasteiger partial charge in [-0.2, -0.15) is 9.61 Å². The normalized spacial score (nSPS) is 11.8. The van der Waals surface area contributed by atoms with Gasteiger partial charge >= 0.3 is 0 Å². The Kier molecular flexibility index (Phi) is 3.14. The summed E-state index contributed by atoms with van der Waals surface area (Å²) in [5.74, 6) is 6.36. The molecule has 0 aliphatic rings. The third kappa shape index (κ3) is 2.48. The molecule has 0 bridgehead atoms. The van der Waals surface area contributed by atoms with Crippen LogP contribution in [0.2, 0.25) is 0 Å². The summed E-state index contributed by atoms with van der Waals surface area (Å²) in [6, 6.07) is 13.9. The Balaban J connectivity index is 2.22. The van der Waals surface area contributed by atoms with E-state index in [4.69, 9.17) is 10.8 Å². The number of fused-ring (bicyclic) bond motifs is 1. The standard InChI is InChI=1S/C16H19N5/c1-16(2,3)13-10-14-18-12(11-7-5-4-6-8-11)9-15(19-17)21(14)20-13/h4-10,19H,17H2,1-3H3. The van der Waals surface area contributed by atoms with Crippen molar-refractivity contribution < 1.29 is 0 Å². The molecular formula is C16H19N5. The van der Waals surface area contributed by atoms with Crippen LogP contribution in [0.3, 0.4) is 0 Å². The largest absolute Gasteiger partial charge is 0.308 e. The summed E-state index contributed by atoms with van der Waals surface area (Å²) in [6.07, 6.45) is 0. The fraction of sp³-hybridized carbons (Fsp3) is 0.250. The first-order valence-corrected chi connectivity index (χ1v) is 6.92. The van der Waals surface area contributed by atoms with Gasteiger partial charge in [0.2, 0.25) is 0 Å². The van der Waals surface area contributed by atoms with Crippen LogP contribution in [0, 0.1) is 0 Å². The van der Waals surface area contributed by atoms with Gasteiger partial charge < -0.3 is 5.43 Å². The Morgan fingerprint density at radius 3 is 2.43 bits per heavy atom. The van der Waals surface area contributed by atoms with E-state index in [-0.39, 0.29) is 5.41 Å². The van der Waals surface area contributed by atoms with E-state index in [1.54, 1.807) is 4.52 Å². The molecular weight excluding hydrogens is 262 g/mol. The quantitative estimate of drug-likeness (QED) is 0.559. The molecule has 3 aromatic rings. The molecule has 0 atom stereocenters. The molecule has 0 saturated heterocycles. The zero-order valence-corrected chi connectivity index (χ0v) is 12.5. The summed E-state index contributed by atoms with van der Waals surface area (Å²) in [5, 5.41) is 4.60. The van der Waals surface area contributed by atoms with Crippen LogP contribution in [0.5, 0.6) is 0 Å². The number of rotatable bonds is 2. The van der Waals surface area contributed by atoms with E-state index in [9.17, 15) is 0 Å². The molecule has 1 aromatic carbocycles. The lowest BCUT2D eigenvalue weighted by molar-refractivity contribution is 0.563. The van der Waals surface area contributed by atoms with Gasteiger partial charge in [0, 0.05) is 23.1 Å². The number of benzene rings is 1. The molecule has 108 valence electrons. The molecule has 21 heavy (non-hydrogen) atoms. The minimum Gasteiger partial charge on any atom is -0.308 e. The number of aromatic nitrogens is 3. The van der Waals surface area contributed by atoms with Crippen molar-refractivity contribution in [3.05, 3.63) is 48.2 Å². The fourth-order valence-corrected chi connectivity index (χ4v) is 2.20. The summed E-state index contributed by atoms with van der Waals surface area (Å²) < 4.78 is 1.74. The Morgan fingerprint density at radius 2 is 1.81 bits per heavy atom. The van der Waals surface area contributed by atoms with Gasteiger partial charge in [-0.05, 0) is 0 Å². The summed E-state index contributed by atoms with van der Waals surface area (Å²) in [5.41, 5.74) is 6.36. The molecule has 0 unspecified atom stereocenters. The van der Waals surface area contributed by atoms with Crippen LogP contribution in [0.4, 0.5) is 5.82 Å². The van der Waals surface area contributed by atoms with Crippen molar-refractivity contribution in [1.29, 1.82) is 0 Å². The third-order valence-corrected chi connectivity index (χ3v) is 3.41. The average Bonchev–Trinajstić information content (AvgIpc) is 2.91. The van der Waals surface area contributed by atoms with Gasteiger partial charge in [-0.15, -0.1) is 0 Å². The van der Waals surface area contributed by atoms with Gasteiger partial charge in [0.05, 0.1) is 11.4 Å². The van der Waals surface area contributed by atoms with Crippen LogP contribution in [0.25, 0.3) is 16.9 Å². The highest BCUT2D eigenvalue weighted by atomic mass is 15.4. The van der Waals surface area contributed by atoms with Crippen LogP contribution in [-0.2, 0) is 5.41 Å². The number of nitrogens with one attached hydrogen (secondary N) is 1. The lowest BCUT2D eigenvalue weighted by atomic mass is 9.93. The van der Waals surface area contributed by atoms with Gasteiger partial charge in [-0.3, -0.25) is 0 Å². The van der Waals surface area contributed by atoms with Gasteiger partial charge in [0.1, 0.15) is 5.82 Å². The molecule has 0 saturated carbocycles. The van der Waals surface area contributed by atoms with Crippen molar-refractivity contribution in [2.75, 3.05) is 5.43 Å². The van der Waals surface area contributed by atoms with Crippen molar-refractivity contribution >= 4 is 11.5 Å². The van der Waals surface area contributed by atoms with Gasteiger partial charge in [0.15, 0.2) is 5.65 Å². The minimum atomic E-state index is -0.0352. The second-order valence-electron chi connectivity index (χ2n) is 6.09. The molecule has 3 N–H and O–H groups in total. The zero-order valence-electron chi connectivity index (χ0n) is 12.5. The van der Waals surface area contributed by atoms with Crippen molar-refractivity contribution in [3.63, 3.8) is 0 Å². The monoisotopic (exact) mass is 281 g/mol. The lowest BCUT2D eigenvalue weighted by Crippen LogP contribution is -2.14. The van der Waals surface area contributed by atoms with E-state index in [0.717, 1.165) is 22.6 Å². The second-order valence-corrected chi connectivity index (χ2v) is 6.09. The number of hydrogen-bond donors (Lipinski definition) is 2. The molecule has 5 nitrogen and oxygen atoms in total. The van der Waals surface area contributed by atoms with Crippen molar-refractivity contribution in [1.82, 2.24) is 14.6 Å². The fourth-order valence-electron chi connectivity index (χ4n) is 2.20. The van der Waals surface area contributed by atoms with Crippen molar-refractivity contribution in [3.8, 4) is 11.3 Å². The summed E-state index contributed by atoms with van der Waals surface area (Å²) >= 11 is 0. The Hall–Kier alpha value is -2.40. The predicted octanol–water partition coefficient (Wildman–Crippen LogP) is 2.98. The van der Waals surface area contributed by atoms with Crippen molar-refractivity contribution in [2.24, 2.45) is 5.84 Å². The maximum Gasteiger partial charge on any atom is 0.158 e. The zero-order chi connectivity index (χ0) is 15.0. The second kappa shape index (κ2) is 4.86. The Bertz CT molecular complexity index is 768. The predicted molar refractivity (Wildman–Crippen MR) is 84.9 cm³/mol. The molecule has 0 amide bonds. The molecule has 3 rings (SSSR count). The number of nitrogens with two attached hydrogens (primary N) is 1. The Morgan fingerprint density at radius 1 is 1.10 bits per heavy atom. The highest BCUT2D eigenvalue weighted by Gasteiger charge is 2.19. The number of hydrogen-bond acceptors (Lipinski definition) is 4. The van der Waals surface area contributed by atoms with Crippen LogP contribution in [0.1, 0.15) is 26.5 Å². The van der Waals surface area contributed by atoms with Crippen LogP contribution < -0.4 is 11.3 Å². The number of nitrogens with zero attached hydrogens (tertiary/aromatic N) is 3. The minimum absolute atomic E-state index is 0.0352. The average molecular weight is 281 g/mol. The number of anilines is 1. The number of nitrogen functional groups attached to an aromatic ring is 1. The van der Waals surface area contributed by atoms with Crippen LogP contribution in [-0.4, -0.2) is 14.6 Å². The summed E-state index contributed by atoms with van der Waals surface area (Å²) in [6.45, 7) is 6.38. The molecule has 2 heterocycles. The first-order chi connectivity index (χ1) is 9.99. The van der Waals surface area contributed by atoms with E-state index < -0.39 is 0 Å². The molecule has 0 fully saturated rings. The Labute approximate surface area is 123 Å². The van der Waals surface area contributed by atoms with Crippen molar-refractivity contribution in [2.45, 2.75) is 26.2 Å². The molecule has 0 aliphatic heterocycles. The van der Waals surface area contributed by atoms with Gasteiger partial charge in [-0.25, -0.2) is 10.8 Å². The molecule has 2 aromatic heterocycles. The van der Waals surface area contributed by atoms with E-state index in [1.807, 2.05) is 42.5 Å². The maximum atomic E-state index is 5.64. The first-order valence-electron chi connectivity index (χ1n) is 6.92. The van der Waals surface area contributed by atoms with Gasteiger partial charge in [-0.1, -0.05) is 51.1 Å². The highest BCUT2D eigenvalue weighted by Crippen LogP contribution is 2.26. The number of hydrazine groups is 1. The topological polar surface area (TPSA) is 68.2 Å². The molecule has 0 aliphatic carbocycles. The van der Waals surface area contributed by atoms with Crippen LogP contribution in [0.15, 0.2) is 42.5 Å². The van der Waals surface area contributed by atoms with Crippen LogP contribution >= 0.6 is 0 Å². The summed E-state index contributed by atoms with van der Waals surface area (Å²) in [7, 11) is 0. The third-order valence-electron chi connectivity index (χ3n) is 3.41. The molecule has 5 heteroatoms. The van der Waals surface area contributed by atoms with E-state index >= 15 is 0 Å². The van der Waals surface area contributed by atoms with Gasteiger partial charge in [0.25, 0.3) is 0 Å². The maximum absolute atomic E-state index is 5.64. The summed E-state index contributed by atoms with van der Waals surface area (Å²) in [4.78, 5) is 4.69. The smallest absolute Gasteiger partial charge is 0.158 e. The molecule has 0 spiro atoms. The SMILES string of the molecule is CC(C)(C)c1cc2nc(-c3ccccc3)cc(NN)n2n1. The van der Waals surface area contributed by atoms with E-state index in [2.05, 4.69) is 31.3 Å². The van der Waals surface area contributed by atoms with E-state index in [0.29, 0.717) is 5.82 Å². The van der Waals surface area contributed by atoms with E-state index in [1.165, 1.54) is 0 Å². The first kappa shape index (κ1) is 13.6. The highest BCUT2D eigenvalue weighted by molar-refractivity contribution is 5.66.